The van der Waals surface area contributed by atoms with Gasteiger partial charge in [0.1, 0.15) is 11.9 Å². The van der Waals surface area contributed by atoms with Gasteiger partial charge in [0.25, 0.3) is 0 Å². The molecule has 1 N–H and O–H groups in total. The van der Waals surface area contributed by atoms with Crippen LogP contribution in [0.2, 0.25) is 0 Å². The van der Waals surface area contributed by atoms with E-state index < -0.39 is 11.9 Å². The number of hydrogen-bond acceptors (Lipinski definition) is 2. The van der Waals surface area contributed by atoms with E-state index in [4.69, 9.17) is 0 Å². The molecule has 1 unspecified atom stereocenters. The first-order valence-corrected chi connectivity index (χ1v) is 13.4. The highest BCUT2D eigenvalue weighted by atomic mass is 19.1. The zero-order valence-corrected chi connectivity index (χ0v) is 22.5. The first-order valence-electron chi connectivity index (χ1n) is 13.4. The van der Waals surface area contributed by atoms with E-state index in [1.165, 1.54) is 6.07 Å². The third-order valence-electron chi connectivity index (χ3n) is 6.78. The van der Waals surface area contributed by atoms with Gasteiger partial charge in [-0.05, 0) is 36.6 Å². The van der Waals surface area contributed by atoms with Crippen LogP contribution in [0.1, 0.15) is 48.4 Å². The Hall–Kier alpha value is -4.25. The normalized spacial score (nSPS) is 11.8. The third kappa shape index (κ3) is 7.64. The van der Waals surface area contributed by atoms with Crippen LogP contribution in [-0.4, -0.2) is 28.8 Å². The molecule has 0 heterocycles. The van der Waals surface area contributed by atoms with Crippen LogP contribution >= 0.6 is 0 Å². The van der Waals surface area contributed by atoms with E-state index in [-0.39, 0.29) is 36.7 Å². The second-order valence-corrected chi connectivity index (χ2v) is 10.1. The fourth-order valence-electron chi connectivity index (χ4n) is 4.84. The van der Waals surface area contributed by atoms with Crippen molar-refractivity contribution in [2.24, 2.45) is 0 Å². The zero-order chi connectivity index (χ0) is 27.6. The monoisotopic (exact) mass is 522 g/mol. The van der Waals surface area contributed by atoms with Gasteiger partial charge in [-0.3, -0.25) is 9.59 Å². The minimum Gasteiger partial charge on any atom is -0.352 e. The van der Waals surface area contributed by atoms with Gasteiger partial charge in [-0.15, -0.1) is 0 Å². The average molecular weight is 523 g/mol. The fraction of sp³-hybridized carbons (Fsp3) is 0.235. The summed E-state index contributed by atoms with van der Waals surface area (Å²) < 4.78 is 14.9. The van der Waals surface area contributed by atoms with Gasteiger partial charge in [0.2, 0.25) is 11.8 Å². The number of amides is 2. The summed E-state index contributed by atoms with van der Waals surface area (Å²) in [6.07, 6.45) is 0.462. The van der Waals surface area contributed by atoms with E-state index in [1.54, 1.807) is 23.1 Å². The second-order valence-electron chi connectivity index (χ2n) is 10.1. The summed E-state index contributed by atoms with van der Waals surface area (Å²) in [6, 6.07) is 34.9. The Balaban J connectivity index is 1.74. The molecule has 0 spiro atoms. The quantitative estimate of drug-likeness (QED) is 0.244. The first-order chi connectivity index (χ1) is 18.9. The van der Waals surface area contributed by atoms with Crippen LogP contribution < -0.4 is 5.32 Å². The minimum absolute atomic E-state index is 0.00911. The van der Waals surface area contributed by atoms with Crippen molar-refractivity contribution in [1.82, 2.24) is 10.2 Å². The van der Waals surface area contributed by atoms with Crippen molar-refractivity contribution in [3.8, 4) is 0 Å². The molecule has 4 nitrogen and oxygen atoms in total. The number of benzene rings is 4. The molecule has 5 heteroatoms. The van der Waals surface area contributed by atoms with Crippen LogP contribution in [0, 0.1) is 5.82 Å². The summed E-state index contributed by atoms with van der Waals surface area (Å²) in [4.78, 5) is 29.4. The third-order valence-corrected chi connectivity index (χ3v) is 6.78. The predicted octanol–water partition coefficient (Wildman–Crippen LogP) is 6.51. The van der Waals surface area contributed by atoms with Crippen molar-refractivity contribution in [1.29, 1.82) is 0 Å². The van der Waals surface area contributed by atoms with Gasteiger partial charge >= 0.3 is 0 Å². The lowest BCUT2D eigenvalue weighted by molar-refractivity contribution is -0.141. The van der Waals surface area contributed by atoms with E-state index in [9.17, 15) is 14.0 Å². The molecule has 0 saturated carbocycles. The Kier molecular flexibility index (Phi) is 9.63. The van der Waals surface area contributed by atoms with E-state index in [0.717, 1.165) is 16.7 Å². The lowest BCUT2D eigenvalue weighted by atomic mass is 9.87. The van der Waals surface area contributed by atoms with Gasteiger partial charge in [-0.2, -0.15) is 0 Å². The Morgan fingerprint density at radius 3 is 1.79 bits per heavy atom. The van der Waals surface area contributed by atoms with Gasteiger partial charge in [0.15, 0.2) is 0 Å². The number of nitrogens with zero attached hydrogens (tertiary/aromatic N) is 1. The van der Waals surface area contributed by atoms with Crippen LogP contribution in [0.4, 0.5) is 4.39 Å². The molecule has 0 radical (unpaired) electrons. The summed E-state index contributed by atoms with van der Waals surface area (Å²) in [5, 5.41) is 2.99. The highest BCUT2D eigenvalue weighted by Gasteiger charge is 2.33. The van der Waals surface area contributed by atoms with Crippen molar-refractivity contribution in [2.45, 2.75) is 51.2 Å². The molecule has 0 aromatic heterocycles. The Morgan fingerprint density at radius 1 is 0.744 bits per heavy atom. The van der Waals surface area contributed by atoms with Crippen molar-refractivity contribution in [2.75, 3.05) is 0 Å². The van der Waals surface area contributed by atoms with Gasteiger partial charge in [-0.1, -0.05) is 109 Å². The molecule has 0 bridgehead atoms. The molecular weight excluding hydrogens is 487 g/mol. The predicted molar refractivity (Wildman–Crippen MR) is 154 cm³/mol. The number of halogens is 1. The van der Waals surface area contributed by atoms with Crippen molar-refractivity contribution in [3.63, 3.8) is 0 Å². The van der Waals surface area contributed by atoms with Crippen LogP contribution in [0.5, 0.6) is 0 Å². The molecule has 39 heavy (non-hydrogen) atoms. The molecule has 1 atom stereocenters. The molecule has 2 amide bonds. The summed E-state index contributed by atoms with van der Waals surface area (Å²) >= 11 is 0. The summed E-state index contributed by atoms with van der Waals surface area (Å²) in [7, 11) is 0. The molecule has 200 valence electrons. The summed E-state index contributed by atoms with van der Waals surface area (Å²) in [5.41, 5.74) is 3.32. The SMILES string of the molecule is CC(C)NC(=O)C(Cc1ccccc1)N(Cc1ccccc1F)C(=O)CC(c1ccccc1)c1ccccc1. The maximum Gasteiger partial charge on any atom is 0.243 e. The lowest BCUT2D eigenvalue weighted by Gasteiger charge is -2.33. The summed E-state index contributed by atoms with van der Waals surface area (Å²) in [5.74, 6) is -1.08. The maximum atomic E-state index is 14.9. The number of carbonyl (C=O) groups excluding carboxylic acids is 2. The molecule has 0 fully saturated rings. The Labute approximate surface area is 230 Å². The second kappa shape index (κ2) is 13.5. The first kappa shape index (κ1) is 27.8. The fourth-order valence-corrected chi connectivity index (χ4v) is 4.84. The molecule has 0 aliphatic rings. The van der Waals surface area contributed by atoms with E-state index in [1.807, 2.05) is 105 Å². The molecule has 4 rings (SSSR count). The number of rotatable bonds is 11. The maximum absolute atomic E-state index is 14.9. The van der Waals surface area contributed by atoms with Gasteiger partial charge < -0.3 is 10.2 Å². The van der Waals surface area contributed by atoms with Crippen LogP contribution in [-0.2, 0) is 22.6 Å². The van der Waals surface area contributed by atoms with Gasteiger partial charge in [-0.25, -0.2) is 4.39 Å². The van der Waals surface area contributed by atoms with Crippen molar-refractivity contribution < 1.29 is 14.0 Å². The molecule has 0 aliphatic carbocycles. The molecular formula is C34H35FN2O2. The Morgan fingerprint density at radius 2 is 1.26 bits per heavy atom. The van der Waals surface area contributed by atoms with E-state index >= 15 is 0 Å². The Bertz CT molecular complexity index is 1300. The number of nitrogens with one attached hydrogen (secondary N) is 1. The van der Waals surface area contributed by atoms with Crippen molar-refractivity contribution in [3.05, 3.63) is 143 Å². The van der Waals surface area contributed by atoms with Crippen LogP contribution in [0.25, 0.3) is 0 Å². The average Bonchev–Trinajstić information content (AvgIpc) is 2.95. The molecule has 0 aliphatic heterocycles. The van der Waals surface area contributed by atoms with Crippen LogP contribution in [0.15, 0.2) is 115 Å². The molecule has 0 saturated heterocycles. The van der Waals surface area contributed by atoms with Crippen LogP contribution in [0.3, 0.4) is 0 Å². The summed E-state index contributed by atoms with van der Waals surface area (Å²) in [6.45, 7) is 3.77. The smallest absolute Gasteiger partial charge is 0.243 e. The highest BCUT2D eigenvalue weighted by molar-refractivity contribution is 5.88. The largest absolute Gasteiger partial charge is 0.352 e. The van der Waals surface area contributed by atoms with Gasteiger partial charge in [0, 0.05) is 36.9 Å². The van der Waals surface area contributed by atoms with E-state index in [0.29, 0.717) is 12.0 Å². The topological polar surface area (TPSA) is 49.4 Å². The molecule has 4 aromatic rings. The molecule has 4 aromatic carbocycles. The van der Waals surface area contributed by atoms with Gasteiger partial charge in [0.05, 0.1) is 0 Å². The number of carbonyl (C=O) groups is 2. The van der Waals surface area contributed by atoms with E-state index in [2.05, 4.69) is 5.32 Å². The number of hydrogen-bond donors (Lipinski definition) is 1. The zero-order valence-electron chi connectivity index (χ0n) is 22.5. The minimum atomic E-state index is -0.811. The lowest BCUT2D eigenvalue weighted by Crippen LogP contribution is -2.52. The standard InChI is InChI=1S/C34H35FN2O2/c1-25(2)36-34(39)32(22-26-14-6-3-7-15-26)37(24-29-20-12-13-21-31(29)35)33(38)23-30(27-16-8-4-9-17-27)28-18-10-5-11-19-28/h3-21,25,30,32H,22-24H2,1-2H3,(H,36,39). The highest BCUT2D eigenvalue weighted by Crippen LogP contribution is 2.30. The van der Waals surface area contributed by atoms with Crippen molar-refractivity contribution >= 4 is 11.8 Å².